The van der Waals surface area contributed by atoms with Gasteiger partial charge in [-0.15, -0.1) is 0 Å². The van der Waals surface area contributed by atoms with E-state index in [4.69, 9.17) is 0 Å². The molecule has 5 heterocycles. The van der Waals surface area contributed by atoms with Crippen LogP contribution in [0.15, 0.2) is 30.7 Å². The molecular formula is C30H40FN7O2. The van der Waals surface area contributed by atoms with Gasteiger partial charge in [-0.2, -0.15) is 0 Å². The van der Waals surface area contributed by atoms with Crippen molar-refractivity contribution in [2.45, 2.75) is 77.0 Å². The highest BCUT2D eigenvalue weighted by atomic mass is 19.1. The molecule has 9 nitrogen and oxygen atoms in total. The Morgan fingerprint density at radius 3 is 2.60 bits per heavy atom. The molecule has 1 saturated carbocycles. The fourth-order valence-electron chi connectivity index (χ4n) is 7.26. The summed E-state index contributed by atoms with van der Waals surface area (Å²) < 4.78 is 14.4. The summed E-state index contributed by atoms with van der Waals surface area (Å²) in [6.45, 7) is 9.10. The second kappa shape index (κ2) is 11.0. The number of rotatable bonds is 6. The zero-order valence-electron chi connectivity index (χ0n) is 23.7. The van der Waals surface area contributed by atoms with Gasteiger partial charge in [0, 0.05) is 50.8 Å². The number of piperidine rings is 2. The number of carbonyl (C=O) groups excluding carboxylic acids is 2. The molecule has 1 aromatic carbocycles. The smallest absolute Gasteiger partial charge is 0.256 e. The first kappa shape index (κ1) is 26.9. The molecule has 3 saturated heterocycles. The summed E-state index contributed by atoms with van der Waals surface area (Å²) in [6, 6.07) is 5.03. The van der Waals surface area contributed by atoms with Crippen LogP contribution in [0, 0.1) is 11.7 Å². The molecule has 1 N–H and O–H groups in total. The molecule has 4 aliphatic heterocycles. The van der Waals surface area contributed by atoms with E-state index in [-0.39, 0.29) is 29.9 Å². The fraction of sp³-hybridized carbons (Fsp3) is 0.600. The fourth-order valence-corrected chi connectivity index (χ4v) is 7.26. The zero-order valence-corrected chi connectivity index (χ0v) is 23.7. The minimum absolute atomic E-state index is 0.00639. The van der Waals surface area contributed by atoms with Crippen molar-refractivity contribution in [3.8, 4) is 0 Å². The number of carbonyl (C=O) groups is 2. The third kappa shape index (κ3) is 4.80. The summed E-state index contributed by atoms with van der Waals surface area (Å²) in [6.07, 6.45) is 8.88. The highest BCUT2D eigenvalue weighted by molar-refractivity contribution is 6.01. The van der Waals surface area contributed by atoms with E-state index < -0.39 is 5.82 Å². The lowest BCUT2D eigenvalue weighted by atomic mass is 9.76. The van der Waals surface area contributed by atoms with Crippen LogP contribution in [-0.4, -0.2) is 88.5 Å². The molecule has 40 heavy (non-hydrogen) atoms. The number of halogens is 1. The van der Waals surface area contributed by atoms with E-state index in [2.05, 4.69) is 20.2 Å². The van der Waals surface area contributed by atoms with E-state index in [1.54, 1.807) is 23.5 Å². The van der Waals surface area contributed by atoms with Crippen molar-refractivity contribution in [3.05, 3.63) is 42.1 Å². The van der Waals surface area contributed by atoms with Gasteiger partial charge in [0.15, 0.2) is 5.82 Å². The van der Waals surface area contributed by atoms with Crippen LogP contribution >= 0.6 is 0 Å². The van der Waals surface area contributed by atoms with Crippen molar-refractivity contribution in [2.75, 3.05) is 42.5 Å². The molecule has 2 aromatic rings. The highest BCUT2D eigenvalue weighted by Gasteiger charge is 2.43. The van der Waals surface area contributed by atoms with E-state index in [0.29, 0.717) is 49.4 Å². The number of benzene rings is 1. The lowest BCUT2D eigenvalue weighted by Gasteiger charge is -2.44. The number of aromatic nitrogens is 2. The molecule has 0 radical (unpaired) electrons. The summed E-state index contributed by atoms with van der Waals surface area (Å²) in [5.41, 5.74) is 1.78. The summed E-state index contributed by atoms with van der Waals surface area (Å²) in [5, 5.41) is 3.61. The van der Waals surface area contributed by atoms with E-state index in [0.717, 1.165) is 37.3 Å². The van der Waals surface area contributed by atoms with Crippen molar-refractivity contribution in [1.82, 2.24) is 25.1 Å². The molecular weight excluding hydrogens is 509 g/mol. The second-order valence-corrected chi connectivity index (χ2v) is 11.9. The Balaban J connectivity index is 1.24. The number of anilines is 3. The number of fused-ring (bicyclic) bond motifs is 4. The maximum absolute atomic E-state index is 14.4. The van der Waals surface area contributed by atoms with Crippen LogP contribution < -0.4 is 15.1 Å². The first-order valence-corrected chi connectivity index (χ1v) is 14.8. The molecule has 2 atom stereocenters. The van der Waals surface area contributed by atoms with E-state index in [1.807, 2.05) is 30.6 Å². The minimum Gasteiger partial charge on any atom is -0.348 e. The molecule has 2 bridgehead atoms. The van der Waals surface area contributed by atoms with Gasteiger partial charge in [-0.25, -0.2) is 14.4 Å². The van der Waals surface area contributed by atoms with Crippen LogP contribution in [0.3, 0.4) is 0 Å². The summed E-state index contributed by atoms with van der Waals surface area (Å²) >= 11 is 0. The molecule has 214 valence electrons. The van der Waals surface area contributed by atoms with Gasteiger partial charge in [0.25, 0.3) is 5.91 Å². The Hall–Kier alpha value is -3.27. The number of hydrogen-bond acceptors (Lipinski definition) is 7. The Morgan fingerprint density at radius 1 is 1.10 bits per heavy atom. The lowest BCUT2D eigenvalue weighted by molar-refractivity contribution is -0.136. The second-order valence-electron chi connectivity index (χ2n) is 11.9. The van der Waals surface area contributed by atoms with Crippen molar-refractivity contribution >= 4 is 29.0 Å². The van der Waals surface area contributed by atoms with Crippen molar-refractivity contribution in [3.63, 3.8) is 0 Å². The topological polar surface area (TPSA) is 84.9 Å². The zero-order chi connectivity index (χ0) is 28.0. The van der Waals surface area contributed by atoms with Crippen molar-refractivity contribution < 1.29 is 14.0 Å². The molecule has 10 heteroatoms. The number of likely N-dealkylation sites (tertiary alicyclic amines) is 1. The van der Waals surface area contributed by atoms with Gasteiger partial charge in [-0.1, -0.05) is 0 Å². The molecule has 5 aliphatic rings. The molecule has 1 aromatic heterocycles. The van der Waals surface area contributed by atoms with Crippen molar-refractivity contribution in [1.29, 1.82) is 0 Å². The maximum atomic E-state index is 14.4. The standard InChI is InChI=1S/C30H40FN7O2/c1-4-36(19(2)3)29(39)24-15-21(31)7-10-25(24)38-14-13-37(28-26(38)16-32-18-33-28)23-11-12-35(17-23)30(40)27-20-5-8-22(34-27)9-6-20/h7,10,15-16,18-20,22-23,27,34H,4-6,8-9,11-14,17H2,1-3H3/t20?,22?,23?,27-/m0/s1. The summed E-state index contributed by atoms with van der Waals surface area (Å²) in [7, 11) is 0. The highest BCUT2D eigenvalue weighted by Crippen LogP contribution is 2.40. The van der Waals surface area contributed by atoms with E-state index in [1.165, 1.54) is 25.0 Å². The largest absolute Gasteiger partial charge is 0.348 e. The monoisotopic (exact) mass is 549 g/mol. The SMILES string of the molecule is CCN(C(=O)c1cc(F)ccc1N1CCN(C2CCN(C(=O)[C@H]3NC4CCC3CC4)C2)c2ncncc21)C(C)C. The van der Waals surface area contributed by atoms with Crippen molar-refractivity contribution in [2.24, 2.45) is 5.92 Å². The van der Waals surface area contributed by atoms with Gasteiger partial charge in [0.1, 0.15) is 17.8 Å². The summed E-state index contributed by atoms with van der Waals surface area (Å²) in [5.74, 6) is 0.864. The number of nitrogens with zero attached hydrogens (tertiary/aromatic N) is 6. The van der Waals surface area contributed by atoms with Crippen LogP contribution in [0.5, 0.6) is 0 Å². The first-order chi connectivity index (χ1) is 19.4. The van der Waals surface area contributed by atoms with E-state index in [9.17, 15) is 14.0 Å². The third-order valence-electron chi connectivity index (χ3n) is 9.35. The van der Waals surface area contributed by atoms with Gasteiger partial charge in [-0.3, -0.25) is 9.59 Å². The Labute approximate surface area is 235 Å². The Bertz CT molecular complexity index is 1260. The summed E-state index contributed by atoms with van der Waals surface area (Å²) in [4.78, 5) is 44.1. The third-order valence-corrected chi connectivity index (χ3v) is 9.35. The van der Waals surface area contributed by atoms with Crippen LogP contribution in [0.2, 0.25) is 0 Å². The van der Waals surface area contributed by atoms with Crippen LogP contribution in [0.1, 0.15) is 63.2 Å². The Kier molecular flexibility index (Phi) is 7.37. The normalized spacial score (nSPS) is 25.9. The maximum Gasteiger partial charge on any atom is 0.256 e. The number of hydrogen-bond donors (Lipinski definition) is 1. The average molecular weight is 550 g/mol. The van der Waals surface area contributed by atoms with Crippen LogP contribution in [-0.2, 0) is 4.79 Å². The molecule has 2 amide bonds. The van der Waals surface area contributed by atoms with Crippen LogP contribution in [0.4, 0.5) is 21.6 Å². The van der Waals surface area contributed by atoms with Gasteiger partial charge < -0.3 is 24.9 Å². The Morgan fingerprint density at radius 2 is 1.90 bits per heavy atom. The first-order valence-electron chi connectivity index (χ1n) is 14.8. The molecule has 1 aliphatic carbocycles. The van der Waals surface area contributed by atoms with E-state index >= 15 is 0 Å². The lowest BCUT2D eigenvalue weighted by Crippen LogP contribution is -2.59. The molecule has 0 spiro atoms. The van der Waals surface area contributed by atoms with Crippen LogP contribution in [0.25, 0.3) is 0 Å². The quantitative estimate of drug-likeness (QED) is 0.590. The average Bonchev–Trinajstić information content (AvgIpc) is 3.47. The minimum atomic E-state index is -0.438. The van der Waals surface area contributed by atoms with Gasteiger partial charge in [0.2, 0.25) is 5.91 Å². The van der Waals surface area contributed by atoms with Gasteiger partial charge in [-0.05, 0) is 77.0 Å². The van der Waals surface area contributed by atoms with Gasteiger partial charge >= 0.3 is 0 Å². The van der Waals surface area contributed by atoms with Gasteiger partial charge in [0.05, 0.1) is 23.5 Å². The number of nitrogens with one attached hydrogen (secondary N) is 1. The predicted molar refractivity (Wildman–Crippen MR) is 152 cm³/mol. The molecule has 1 unspecified atom stereocenters. The predicted octanol–water partition coefficient (Wildman–Crippen LogP) is 3.58. The molecule has 4 fully saturated rings. The molecule has 7 rings (SSSR count). The number of amides is 2.